The zero-order chi connectivity index (χ0) is 10.4. The summed E-state index contributed by atoms with van der Waals surface area (Å²) < 4.78 is 0. The van der Waals surface area contributed by atoms with Crippen LogP contribution in [0.25, 0.3) is 0 Å². The maximum atomic E-state index is 8.52. The molecule has 3 N–H and O–H groups in total. The predicted octanol–water partition coefficient (Wildman–Crippen LogP) is 2.41. The summed E-state index contributed by atoms with van der Waals surface area (Å²) in [6.07, 6.45) is 2.08. The van der Waals surface area contributed by atoms with E-state index in [2.05, 4.69) is 0 Å². The van der Waals surface area contributed by atoms with E-state index in [4.69, 9.17) is 10.8 Å². The lowest BCUT2D eigenvalue weighted by atomic mass is 10.1. The van der Waals surface area contributed by atoms with E-state index in [1.165, 1.54) is 0 Å². The highest BCUT2D eigenvalue weighted by Gasteiger charge is 1.96. The molecule has 2 nitrogen and oxygen atoms in total. The largest absolute Gasteiger partial charge is 0.396 e. The predicted molar refractivity (Wildman–Crippen MR) is 57.2 cm³/mol. The summed E-state index contributed by atoms with van der Waals surface area (Å²) in [6, 6.07) is 0. The maximum Gasteiger partial charge on any atom is 0.0456 e. The summed E-state index contributed by atoms with van der Waals surface area (Å²) in [7, 11) is 0. The van der Waals surface area contributed by atoms with Crippen LogP contribution in [0, 0.1) is 5.92 Å². The molecule has 0 saturated carbocycles. The first kappa shape index (κ1) is 17.9. The minimum Gasteiger partial charge on any atom is -0.396 e. The summed E-state index contributed by atoms with van der Waals surface area (Å²) in [5.41, 5.74) is 5.25. The van der Waals surface area contributed by atoms with Crippen LogP contribution in [-0.2, 0) is 0 Å². The Morgan fingerprint density at radius 1 is 1.17 bits per heavy atom. The number of nitrogens with two attached hydrogens (primary N) is 1. The van der Waals surface area contributed by atoms with E-state index in [0.29, 0.717) is 12.5 Å². The summed E-state index contributed by atoms with van der Waals surface area (Å²) in [5, 5.41) is 8.52. The third kappa shape index (κ3) is 22.5. The quantitative estimate of drug-likeness (QED) is 0.692. The second-order valence-electron chi connectivity index (χ2n) is 2.22. The van der Waals surface area contributed by atoms with Gasteiger partial charge in [0, 0.05) is 6.61 Å². The van der Waals surface area contributed by atoms with E-state index < -0.39 is 0 Å². The van der Waals surface area contributed by atoms with Gasteiger partial charge in [0.15, 0.2) is 0 Å². The first-order chi connectivity index (χ1) is 5.81. The second-order valence-corrected chi connectivity index (χ2v) is 2.22. The first-order valence-corrected chi connectivity index (χ1v) is 5.12. The fourth-order valence-corrected chi connectivity index (χ4v) is 0.558. The van der Waals surface area contributed by atoms with Crippen molar-refractivity contribution in [3.05, 3.63) is 0 Å². The minimum atomic E-state index is 0.292. The van der Waals surface area contributed by atoms with Gasteiger partial charge in [-0.25, -0.2) is 0 Å². The van der Waals surface area contributed by atoms with E-state index in [0.717, 1.165) is 19.4 Å². The molecule has 0 fully saturated rings. The number of rotatable bonds is 4. The molecule has 78 valence electrons. The molecule has 0 bridgehead atoms. The van der Waals surface area contributed by atoms with Crippen LogP contribution < -0.4 is 5.73 Å². The van der Waals surface area contributed by atoms with Gasteiger partial charge in [-0.1, -0.05) is 34.6 Å². The van der Waals surface area contributed by atoms with Gasteiger partial charge < -0.3 is 10.8 Å². The van der Waals surface area contributed by atoms with E-state index in [9.17, 15) is 0 Å². The van der Waals surface area contributed by atoms with Gasteiger partial charge in [-0.3, -0.25) is 0 Å². The molecule has 0 aromatic rings. The molecule has 0 saturated heterocycles. The van der Waals surface area contributed by atoms with Crippen molar-refractivity contribution in [2.75, 3.05) is 13.2 Å². The Morgan fingerprint density at radius 2 is 1.58 bits per heavy atom. The molecule has 0 heterocycles. The van der Waals surface area contributed by atoms with Gasteiger partial charge in [0.05, 0.1) is 0 Å². The summed E-state index contributed by atoms with van der Waals surface area (Å²) in [5.74, 6) is 0.429. The minimum absolute atomic E-state index is 0.292. The summed E-state index contributed by atoms with van der Waals surface area (Å²) in [6.45, 7) is 11.1. The molecule has 1 unspecified atom stereocenters. The highest BCUT2D eigenvalue weighted by Crippen LogP contribution is 2.01. The zero-order valence-electron chi connectivity index (χ0n) is 9.43. The summed E-state index contributed by atoms with van der Waals surface area (Å²) in [4.78, 5) is 0. The Bertz CT molecular complexity index is 49.1. The van der Waals surface area contributed by atoms with E-state index in [1.54, 1.807) is 0 Å². The highest BCUT2D eigenvalue weighted by atomic mass is 16.3. The fraction of sp³-hybridized carbons (Fsp3) is 1.00. The third-order valence-electron chi connectivity index (χ3n) is 1.21. The van der Waals surface area contributed by atoms with Crippen LogP contribution in [0.5, 0.6) is 0 Å². The van der Waals surface area contributed by atoms with Crippen LogP contribution >= 0.6 is 0 Å². The molecule has 0 aromatic carbocycles. The molecule has 0 radical (unpaired) electrons. The van der Waals surface area contributed by atoms with Gasteiger partial charge in [0.25, 0.3) is 0 Å². The highest BCUT2D eigenvalue weighted by molar-refractivity contribution is 4.49. The second kappa shape index (κ2) is 22.4. The van der Waals surface area contributed by atoms with Gasteiger partial charge in [-0.15, -0.1) is 0 Å². The van der Waals surface area contributed by atoms with Crippen molar-refractivity contribution in [2.45, 2.75) is 47.5 Å². The van der Waals surface area contributed by atoms with Crippen LogP contribution in [0.3, 0.4) is 0 Å². The number of aliphatic hydroxyl groups excluding tert-OH is 1. The molecule has 0 aliphatic heterocycles. The smallest absolute Gasteiger partial charge is 0.0456 e. The average Bonchev–Trinajstić information content (AvgIpc) is 2.20. The molecule has 0 rings (SSSR count). The monoisotopic (exact) mass is 177 g/mol. The third-order valence-corrected chi connectivity index (χ3v) is 1.21. The number of aliphatic hydroxyl groups is 1. The Labute approximate surface area is 78.2 Å². The lowest BCUT2D eigenvalue weighted by molar-refractivity contribution is 0.229. The SMILES string of the molecule is CC.CC.CC(CO)CCCN. The fourth-order valence-electron chi connectivity index (χ4n) is 0.558. The first-order valence-electron chi connectivity index (χ1n) is 5.12. The van der Waals surface area contributed by atoms with E-state index in [1.807, 2.05) is 34.6 Å². The average molecular weight is 177 g/mol. The van der Waals surface area contributed by atoms with Crippen LogP contribution in [0.2, 0.25) is 0 Å². The lowest BCUT2D eigenvalue weighted by Gasteiger charge is -2.03. The van der Waals surface area contributed by atoms with Crippen molar-refractivity contribution < 1.29 is 5.11 Å². The maximum absolute atomic E-state index is 8.52. The van der Waals surface area contributed by atoms with Crippen molar-refractivity contribution in [3.63, 3.8) is 0 Å². The standard InChI is InChI=1S/C6H15NO.2C2H6/c1-6(5-8)3-2-4-7;2*1-2/h6,8H,2-5,7H2,1H3;2*1-2H3. The van der Waals surface area contributed by atoms with Crippen LogP contribution in [0.1, 0.15) is 47.5 Å². The molecule has 1 atom stereocenters. The van der Waals surface area contributed by atoms with Gasteiger partial charge in [-0.2, -0.15) is 0 Å². The Morgan fingerprint density at radius 3 is 1.83 bits per heavy atom. The van der Waals surface area contributed by atoms with Gasteiger partial charge in [0.2, 0.25) is 0 Å². The lowest BCUT2D eigenvalue weighted by Crippen LogP contribution is -2.05. The molecule has 0 spiro atoms. The molecule has 0 aliphatic rings. The zero-order valence-corrected chi connectivity index (χ0v) is 9.43. The van der Waals surface area contributed by atoms with Crippen LogP contribution in [0.4, 0.5) is 0 Å². The van der Waals surface area contributed by atoms with E-state index in [-0.39, 0.29) is 0 Å². The van der Waals surface area contributed by atoms with Gasteiger partial charge in [0.1, 0.15) is 0 Å². The molecular weight excluding hydrogens is 150 g/mol. The molecule has 12 heavy (non-hydrogen) atoms. The molecule has 0 amide bonds. The normalized spacial score (nSPS) is 10.2. The van der Waals surface area contributed by atoms with Crippen LogP contribution in [-0.4, -0.2) is 18.3 Å². The molecule has 0 aliphatic carbocycles. The Hall–Kier alpha value is -0.0800. The Kier molecular flexibility index (Phi) is 33.4. The van der Waals surface area contributed by atoms with Crippen molar-refractivity contribution in [2.24, 2.45) is 11.7 Å². The topological polar surface area (TPSA) is 46.2 Å². The van der Waals surface area contributed by atoms with Crippen molar-refractivity contribution in [1.29, 1.82) is 0 Å². The number of hydrogen-bond acceptors (Lipinski definition) is 2. The van der Waals surface area contributed by atoms with Crippen molar-refractivity contribution >= 4 is 0 Å². The molecule has 2 heteroatoms. The van der Waals surface area contributed by atoms with Gasteiger partial charge >= 0.3 is 0 Å². The summed E-state index contributed by atoms with van der Waals surface area (Å²) >= 11 is 0. The van der Waals surface area contributed by atoms with Crippen molar-refractivity contribution in [1.82, 2.24) is 0 Å². The van der Waals surface area contributed by atoms with E-state index >= 15 is 0 Å². The number of hydrogen-bond donors (Lipinski definition) is 2. The molecule has 0 aromatic heterocycles. The van der Waals surface area contributed by atoms with Gasteiger partial charge in [-0.05, 0) is 25.3 Å². The van der Waals surface area contributed by atoms with Crippen LogP contribution in [0.15, 0.2) is 0 Å². The van der Waals surface area contributed by atoms with Crippen molar-refractivity contribution in [3.8, 4) is 0 Å². The Balaban J connectivity index is -0.000000175. The molecular formula is C10H27NO.